The van der Waals surface area contributed by atoms with E-state index in [2.05, 4.69) is 35.8 Å². The molecule has 6 rings (SSSR count). The molecule has 0 saturated heterocycles. The maximum atomic E-state index is 13.5. The standard InChI is InChI=1S/C28H26ClN9O3/c1-28(2,3)41-27(40)34-24-11-16(8-9-30-24)21-14-31-26(33-21)23-7-5-19-10-17(12-25(39)38(19)23)20-13-18(29)4-6-22(20)37-15-32-35-36-37/h4,6,8-15,23H,5,7H2,1-3H3,(H,31,33)(H,30,34,40)/t23-/m0/s1. The third kappa shape index (κ3) is 5.46. The van der Waals surface area contributed by atoms with Gasteiger partial charge in [0.15, 0.2) is 0 Å². The predicted molar refractivity (Wildman–Crippen MR) is 152 cm³/mol. The fraction of sp³-hybridized carbons (Fsp3) is 0.250. The number of aromatic nitrogens is 8. The number of rotatable bonds is 5. The van der Waals surface area contributed by atoms with E-state index < -0.39 is 11.7 Å². The number of tetrazole rings is 1. The minimum absolute atomic E-state index is 0.145. The average molecular weight is 572 g/mol. The fourth-order valence-corrected chi connectivity index (χ4v) is 5.12. The number of hydrogen-bond donors (Lipinski definition) is 2. The van der Waals surface area contributed by atoms with Gasteiger partial charge >= 0.3 is 6.09 Å². The smallest absolute Gasteiger partial charge is 0.413 e. The maximum Gasteiger partial charge on any atom is 0.413 e. The molecule has 12 nitrogen and oxygen atoms in total. The molecule has 1 aromatic carbocycles. The number of fused-ring (bicyclic) bond motifs is 1. The highest BCUT2D eigenvalue weighted by molar-refractivity contribution is 6.31. The number of hydrogen-bond acceptors (Lipinski definition) is 8. The van der Waals surface area contributed by atoms with Crippen LogP contribution in [0.5, 0.6) is 0 Å². The highest BCUT2D eigenvalue weighted by Crippen LogP contribution is 2.34. The van der Waals surface area contributed by atoms with Crippen molar-refractivity contribution in [1.29, 1.82) is 0 Å². The number of ether oxygens (including phenoxy) is 1. The van der Waals surface area contributed by atoms with Crippen molar-refractivity contribution >= 4 is 23.5 Å². The first kappa shape index (κ1) is 26.4. The number of pyridine rings is 2. The van der Waals surface area contributed by atoms with Crippen molar-refractivity contribution in [3.63, 3.8) is 0 Å². The van der Waals surface area contributed by atoms with Crippen LogP contribution in [0.1, 0.15) is 44.8 Å². The summed E-state index contributed by atoms with van der Waals surface area (Å²) >= 11 is 6.31. The summed E-state index contributed by atoms with van der Waals surface area (Å²) in [7, 11) is 0. The molecule has 0 saturated carbocycles. The van der Waals surface area contributed by atoms with Crippen molar-refractivity contribution in [3.05, 3.63) is 88.1 Å². The Kier molecular flexibility index (Phi) is 6.62. The number of amides is 1. The van der Waals surface area contributed by atoms with Gasteiger partial charge in [-0.2, -0.15) is 4.68 Å². The van der Waals surface area contributed by atoms with Crippen LogP contribution in [0, 0.1) is 0 Å². The molecule has 1 atom stereocenters. The number of aromatic amines is 1. The highest BCUT2D eigenvalue weighted by Gasteiger charge is 2.28. The lowest BCUT2D eigenvalue weighted by molar-refractivity contribution is 0.0635. The van der Waals surface area contributed by atoms with Gasteiger partial charge in [0.1, 0.15) is 23.6 Å². The average Bonchev–Trinajstić information content (AvgIpc) is 3.68. The van der Waals surface area contributed by atoms with Crippen LogP contribution in [-0.2, 0) is 11.2 Å². The Balaban J connectivity index is 1.28. The first-order valence-electron chi connectivity index (χ1n) is 12.9. The normalized spacial score (nSPS) is 14.6. The molecule has 5 heterocycles. The van der Waals surface area contributed by atoms with Gasteiger partial charge in [-0.3, -0.25) is 10.1 Å². The van der Waals surface area contributed by atoms with Crippen LogP contribution in [0.2, 0.25) is 5.02 Å². The molecule has 2 N–H and O–H groups in total. The second-order valence-electron chi connectivity index (χ2n) is 10.7. The predicted octanol–water partition coefficient (Wildman–Crippen LogP) is 4.81. The SMILES string of the molecule is CC(C)(C)OC(=O)Nc1cc(-c2cnc([C@@H]3CCc4cc(-c5cc(Cl)ccc5-n5cnnn5)cc(=O)n43)[nH]2)ccn1. The summed E-state index contributed by atoms with van der Waals surface area (Å²) in [6.45, 7) is 5.38. The minimum atomic E-state index is -0.623. The lowest BCUT2D eigenvalue weighted by Gasteiger charge is -2.19. The van der Waals surface area contributed by atoms with Gasteiger partial charge in [0.25, 0.3) is 5.56 Å². The van der Waals surface area contributed by atoms with Gasteiger partial charge in [0.05, 0.1) is 23.6 Å². The Morgan fingerprint density at radius 1 is 1.12 bits per heavy atom. The molecule has 1 amide bonds. The molecular weight excluding hydrogens is 546 g/mol. The van der Waals surface area contributed by atoms with E-state index in [1.807, 2.05) is 18.2 Å². The number of H-pyrrole nitrogens is 1. The molecule has 5 aromatic rings. The zero-order valence-corrected chi connectivity index (χ0v) is 23.3. The molecule has 0 radical (unpaired) electrons. The molecule has 0 spiro atoms. The van der Waals surface area contributed by atoms with Gasteiger partial charge in [0.2, 0.25) is 0 Å². The second kappa shape index (κ2) is 10.3. The number of halogens is 1. The summed E-state index contributed by atoms with van der Waals surface area (Å²) in [5.74, 6) is 1.02. The van der Waals surface area contributed by atoms with E-state index in [1.165, 1.54) is 11.0 Å². The molecule has 0 bridgehead atoms. The molecule has 1 aliphatic rings. The van der Waals surface area contributed by atoms with Gasteiger partial charge in [-0.1, -0.05) is 11.6 Å². The van der Waals surface area contributed by atoms with Gasteiger partial charge in [0, 0.05) is 34.1 Å². The van der Waals surface area contributed by atoms with E-state index in [9.17, 15) is 9.59 Å². The second-order valence-corrected chi connectivity index (χ2v) is 11.1. The molecule has 13 heteroatoms. The molecule has 1 aliphatic heterocycles. The van der Waals surface area contributed by atoms with Crippen LogP contribution in [0.15, 0.2) is 66.0 Å². The van der Waals surface area contributed by atoms with Gasteiger partial charge in [-0.25, -0.2) is 14.8 Å². The van der Waals surface area contributed by atoms with Crippen molar-refractivity contribution in [2.75, 3.05) is 5.32 Å². The lowest BCUT2D eigenvalue weighted by atomic mass is 10.0. The molecule has 4 aromatic heterocycles. The summed E-state index contributed by atoms with van der Waals surface area (Å²) in [5, 5.41) is 14.6. The number of nitrogens with zero attached hydrogens (tertiary/aromatic N) is 7. The van der Waals surface area contributed by atoms with Crippen LogP contribution in [0.3, 0.4) is 0 Å². The summed E-state index contributed by atoms with van der Waals surface area (Å²) < 4.78 is 8.62. The third-order valence-electron chi connectivity index (χ3n) is 6.61. The van der Waals surface area contributed by atoms with Crippen LogP contribution < -0.4 is 10.9 Å². The maximum absolute atomic E-state index is 13.5. The fourth-order valence-electron chi connectivity index (χ4n) is 4.95. The number of aryl methyl sites for hydroxylation is 1. The van der Waals surface area contributed by atoms with Crippen LogP contribution >= 0.6 is 11.6 Å². The molecule has 0 unspecified atom stereocenters. The Morgan fingerprint density at radius 3 is 2.76 bits per heavy atom. The van der Waals surface area contributed by atoms with Crippen molar-refractivity contribution in [3.8, 4) is 28.1 Å². The van der Waals surface area contributed by atoms with Crippen molar-refractivity contribution in [1.82, 2.24) is 39.7 Å². The summed E-state index contributed by atoms with van der Waals surface area (Å²) in [6, 6.07) is 12.3. The largest absolute Gasteiger partial charge is 0.444 e. The molecule has 41 heavy (non-hydrogen) atoms. The van der Waals surface area contributed by atoms with Crippen LogP contribution in [-0.4, -0.2) is 51.4 Å². The van der Waals surface area contributed by atoms with Crippen molar-refractivity contribution in [2.24, 2.45) is 0 Å². The molecular formula is C28H26ClN9O3. The Hall–Kier alpha value is -4.84. The molecule has 0 fully saturated rings. The topological polar surface area (TPSA) is 146 Å². The van der Waals surface area contributed by atoms with E-state index in [-0.39, 0.29) is 11.6 Å². The first-order valence-corrected chi connectivity index (χ1v) is 13.3. The molecule has 0 aliphatic carbocycles. The summed E-state index contributed by atoms with van der Waals surface area (Å²) in [4.78, 5) is 37.8. The number of nitrogens with one attached hydrogen (secondary N) is 2. The van der Waals surface area contributed by atoms with Crippen LogP contribution in [0.4, 0.5) is 10.6 Å². The van der Waals surface area contributed by atoms with Gasteiger partial charge in [-0.05, 0) is 86.0 Å². The zero-order valence-electron chi connectivity index (χ0n) is 22.5. The molecule has 208 valence electrons. The minimum Gasteiger partial charge on any atom is -0.444 e. The van der Waals surface area contributed by atoms with Crippen LogP contribution in [0.25, 0.3) is 28.1 Å². The van der Waals surface area contributed by atoms with E-state index >= 15 is 0 Å². The number of carbonyl (C=O) groups is 1. The number of imidazole rings is 1. The van der Waals surface area contributed by atoms with E-state index in [0.29, 0.717) is 35.2 Å². The number of anilines is 1. The summed E-state index contributed by atoms with van der Waals surface area (Å²) in [6.07, 6.45) is 5.63. The Labute approximate surface area is 239 Å². The van der Waals surface area contributed by atoms with Gasteiger partial charge < -0.3 is 14.3 Å². The van der Waals surface area contributed by atoms with Crippen molar-refractivity contribution < 1.29 is 9.53 Å². The van der Waals surface area contributed by atoms with Gasteiger partial charge in [-0.15, -0.1) is 5.10 Å². The Bertz CT molecular complexity index is 1810. The third-order valence-corrected chi connectivity index (χ3v) is 6.85. The Morgan fingerprint density at radius 2 is 1.98 bits per heavy atom. The monoisotopic (exact) mass is 571 g/mol. The van der Waals surface area contributed by atoms with Crippen molar-refractivity contribution in [2.45, 2.75) is 45.3 Å². The highest BCUT2D eigenvalue weighted by atomic mass is 35.5. The number of carbonyl (C=O) groups excluding carboxylic acids is 1. The lowest BCUT2D eigenvalue weighted by Crippen LogP contribution is -2.27. The van der Waals surface area contributed by atoms with E-state index in [0.717, 1.165) is 28.1 Å². The van der Waals surface area contributed by atoms with E-state index in [4.69, 9.17) is 16.3 Å². The summed E-state index contributed by atoms with van der Waals surface area (Å²) in [5.41, 5.74) is 3.84. The quantitative estimate of drug-likeness (QED) is 0.305. The van der Waals surface area contributed by atoms with E-state index in [1.54, 1.807) is 62.0 Å². The zero-order chi connectivity index (χ0) is 28.7. The number of benzene rings is 1. The first-order chi connectivity index (χ1) is 19.6.